The molecule has 0 bridgehead atoms. The Hall–Kier alpha value is -3.21. The van der Waals surface area contributed by atoms with Gasteiger partial charge in [-0.25, -0.2) is 9.97 Å². The highest BCUT2D eigenvalue weighted by Gasteiger charge is 2.22. The first-order chi connectivity index (χ1) is 12.3. The van der Waals surface area contributed by atoms with Crippen LogP contribution in [0.4, 0.5) is 5.69 Å². The molecule has 0 fully saturated rings. The van der Waals surface area contributed by atoms with E-state index < -0.39 is 5.92 Å². The summed E-state index contributed by atoms with van der Waals surface area (Å²) in [5.74, 6) is -0.542. The maximum absolute atomic E-state index is 12.9. The van der Waals surface area contributed by atoms with Crippen LogP contribution in [0.5, 0.6) is 6.01 Å². The molecule has 2 aromatic carbocycles. The van der Waals surface area contributed by atoms with Crippen LogP contribution in [-0.2, 0) is 4.79 Å². The first kappa shape index (κ1) is 16.6. The van der Waals surface area contributed by atoms with Gasteiger partial charge in [-0.1, -0.05) is 60.7 Å². The SMILES string of the molecule is CCOc1ncc(NC(=O)C(c2ccccc2)c2ccccc2)cn1. The maximum Gasteiger partial charge on any atom is 0.316 e. The van der Waals surface area contributed by atoms with Crippen LogP contribution in [0.2, 0.25) is 0 Å². The number of rotatable bonds is 6. The van der Waals surface area contributed by atoms with E-state index in [2.05, 4.69) is 15.3 Å². The van der Waals surface area contributed by atoms with Gasteiger partial charge < -0.3 is 10.1 Å². The van der Waals surface area contributed by atoms with E-state index in [1.165, 1.54) is 0 Å². The Morgan fingerprint density at radius 3 is 1.96 bits per heavy atom. The minimum atomic E-state index is -0.408. The van der Waals surface area contributed by atoms with Gasteiger partial charge in [0, 0.05) is 0 Å². The number of amides is 1. The Labute approximate surface area is 146 Å². The molecule has 1 N–H and O–H groups in total. The predicted molar refractivity (Wildman–Crippen MR) is 96.6 cm³/mol. The molecule has 0 unspecified atom stereocenters. The first-order valence-electron chi connectivity index (χ1n) is 8.13. The fourth-order valence-electron chi connectivity index (χ4n) is 2.58. The molecule has 0 spiro atoms. The van der Waals surface area contributed by atoms with Gasteiger partial charge >= 0.3 is 6.01 Å². The molecule has 3 rings (SSSR count). The van der Waals surface area contributed by atoms with Crippen LogP contribution >= 0.6 is 0 Å². The minimum absolute atomic E-state index is 0.134. The Morgan fingerprint density at radius 1 is 0.960 bits per heavy atom. The Kier molecular flexibility index (Phi) is 5.36. The molecule has 0 aliphatic rings. The van der Waals surface area contributed by atoms with Crippen LogP contribution in [-0.4, -0.2) is 22.5 Å². The molecule has 3 aromatic rings. The summed E-state index contributed by atoms with van der Waals surface area (Å²) in [5, 5.41) is 2.89. The van der Waals surface area contributed by atoms with E-state index in [0.29, 0.717) is 18.3 Å². The van der Waals surface area contributed by atoms with Crippen molar-refractivity contribution in [3.05, 3.63) is 84.2 Å². The molecular weight excluding hydrogens is 314 g/mol. The highest BCUT2D eigenvalue weighted by atomic mass is 16.5. The van der Waals surface area contributed by atoms with Crippen LogP contribution < -0.4 is 10.1 Å². The lowest BCUT2D eigenvalue weighted by atomic mass is 9.90. The van der Waals surface area contributed by atoms with Gasteiger partial charge in [-0.3, -0.25) is 4.79 Å². The van der Waals surface area contributed by atoms with Crippen molar-refractivity contribution in [2.75, 3.05) is 11.9 Å². The van der Waals surface area contributed by atoms with E-state index in [1.807, 2.05) is 67.6 Å². The smallest absolute Gasteiger partial charge is 0.316 e. The summed E-state index contributed by atoms with van der Waals surface area (Å²) in [7, 11) is 0. The highest BCUT2D eigenvalue weighted by molar-refractivity contribution is 5.97. The molecule has 0 saturated heterocycles. The second-order valence-corrected chi connectivity index (χ2v) is 5.43. The average molecular weight is 333 g/mol. The largest absolute Gasteiger partial charge is 0.464 e. The standard InChI is InChI=1S/C20H19N3O2/c1-2-25-20-21-13-17(14-22-20)23-19(24)18(15-9-5-3-6-10-15)16-11-7-4-8-12-16/h3-14,18H,2H2,1H3,(H,23,24). The molecule has 0 saturated carbocycles. The molecule has 0 radical (unpaired) electrons. The van der Waals surface area contributed by atoms with E-state index in [-0.39, 0.29) is 5.91 Å². The van der Waals surface area contributed by atoms with Crippen molar-refractivity contribution >= 4 is 11.6 Å². The molecule has 126 valence electrons. The van der Waals surface area contributed by atoms with Gasteiger partial charge in [-0.15, -0.1) is 0 Å². The number of aromatic nitrogens is 2. The van der Waals surface area contributed by atoms with E-state index in [4.69, 9.17) is 4.74 Å². The molecule has 0 atom stereocenters. The lowest BCUT2D eigenvalue weighted by molar-refractivity contribution is -0.116. The molecule has 0 aliphatic heterocycles. The Balaban J connectivity index is 1.84. The van der Waals surface area contributed by atoms with E-state index in [1.54, 1.807) is 12.4 Å². The third-order valence-electron chi connectivity index (χ3n) is 3.70. The van der Waals surface area contributed by atoms with Crippen molar-refractivity contribution in [3.8, 4) is 6.01 Å². The summed E-state index contributed by atoms with van der Waals surface area (Å²) >= 11 is 0. The highest BCUT2D eigenvalue weighted by Crippen LogP contribution is 2.26. The van der Waals surface area contributed by atoms with Gasteiger partial charge in [0.25, 0.3) is 0 Å². The number of nitrogens with one attached hydrogen (secondary N) is 1. The zero-order chi connectivity index (χ0) is 17.5. The average Bonchev–Trinajstić information content (AvgIpc) is 2.66. The zero-order valence-electron chi connectivity index (χ0n) is 13.9. The van der Waals surface area contributed by atoms with E-state index in [0.717, 1.165) is 11.1 Å². The third kappa shape index (κ3) is 4.20. The summed E-state index contributed by atoms with van der Waals surface area (Å²) in [6.07, 6.45) is 3.09. The molecule has 0 aliphatic carbocycles. The normalized spacial score (nSPS) is 10.5. The van der Waals surface area contributed by atoms with Crippen molar-refractivity contribution in [3.63, 3.8) is 0 Å². The summed E-state index contributed by atoms with van der Waals surface area (Å²) < 4.78 is 5.22. The Bertz CT molecular complexity index is 766. The molecular formula is C20H19N3O2. The second kappa shape index (κ2) is 8.06. The fourth-order valence-corrected chi connectivity index (χ4v) is 2.58. The van der Waals surface area contributed by atoms with Crippen LogP contribution in [0, 0.1) is 0 Å². The van der Waals surface area contributed by atoms with Gasteiger partial charge in [0.05, 0.1) is 30.6 Å². The molecule has 1 amide bonds. The Morgan fingerprint density at radius 2 is 1.48 bits per heavy atom. The van der Waals surface area contributed by atoms with Gasteiger partial charge in [-0.2, -0.15) is 0 Å². The van der Waals surface area contributed by atoms with Crippen LogP contribution in [0.15, 0.2) is 73.1 Å². The quantitative estimate of drug-likeness (QED) is 0.748. The predicted octanol–water partition coefficient (Wildman–Crippen LogP) is 3.65. The van der Waals surface area contributed by atoms with Crippen molar-refractivity contribution in [2.45, 2.75) is 12.8 Å². The molecule has 1 heterocycles. The van der Waals surface area contributed by atoms with Gasteiger partial charge in [0.15, 0.2) is 0 Å². The summed E-state index contributed by atoms with van der Waals surface area (Å²) in [6.45, 7) is 2.36. The number of anilines is 1. The van der Waals surface area contributed by atoms with Gasteiger partial charge in [0.1, 0.15) is 0 Å². The van der Waals surface area contributed by atoms with E-state index in [9.17, 15) is 4.79 Å². The summed E-state index contributed by atoms with van der Waals surface area (Å²) in [6, 6.07) is 19.7. The number of nitrogens with zero attached hydrogens (tertiary/aromatic N) is 2. The lowest BCUT2D eigenvalue weighted by Gasteiger charge is -2.17. The zero-order valence-corrected chi connectivity index (χ0v) is 13.9. The van der Waals surface area contributed by atoms with Crippen molar-refractivity contribution in [1.29, 1.82) is 0 Å². The molecule has 5 heteroatoms. The number of carbonyl (C=O) groups excluding carboxylic acids is 1. The van der Waals surface area contributed by atoms with Gasteiger partial charge in [0.2, 0.25) is 5.91 Å². The number of ether oxygens (including phenoxy) is 1. The minimum Gasteiger partial charge on any atom is -0.464 e. The van der Waals surface area contributed by atoms with Crippen LogP contribution in [0.25, 0.3) is 0 Å². The van der Waals surface area contributed by atoms with Gasteiger partial charge in [-0.05, 0) is 18.1 Å². The fraction of sp³-hybridized carbons (Fsp3) is 0.150. The second-order valence-electron chi connectivity index (χ2n) is 5.43. The van der Waals surface area contributed by atoms with E-state index >= 15 is 0 Å². The number of hydrogen-bond donors (Lipinski definition) is 1. The number of benzene rings is 2. The number of carbonyl (C=O) groups is 1. The monoisotopic (exact) mass is 333 g/mol. The summed E-state index contributed by atoms with van der Waals surface area (Å²) in [5.41, 5.74) is 2.39. The molecule has 1 aromatic heterocycles. The lowest BCUT2D eigenvalue weighted by Crippen LogP contribution is -2.22. The summed E-state index contributed by atoms with van der Waals surface area (Å²) in [4.78, 5) is 21.1. The maximum atomic E-state index is 12.9. The first-order valence-corrected chi connectivity index (χ1v) is 8.13. The van der Waals surface area contributed by atoms with Crippen LogP contribution in [0.1, 0.15) is 24.0 Å². The van der Waals surface area contributed by atoms with Crippen molar-refractivity contribution in [2.24, 2.45) is 0 Å². The van der Waals surface area contributed by atoms with Crippen molar-refractivity contribution in [1.82, 2.24) is 9.97 Å². The van der Waals surface area contributed by atoms with Crippen LogP contribution in [0.3, 0.4) is 0 Å². The molecule has 25 heavy (non-hydrogen) atoms. The molecule has 5 nitrogen and oxygen atoms in total. The number of hydrogen-bond acceptors (Lipinski definition) is 4. The van der Waals surface area contributed by atoms with Crippen molar-refractivity contribution < 1.29 is 9.53 Å². The third-order valence-corrected chi connectivity index (χ3v) is 3.70. The topological polar surface area (TPSA) is 64.1 Å².